The van der Waals surface area contributed by atoms with E-state index in [-0.39, 0.29) is 5.91 Å². The summed E-state index contributed by atoms with van der Waals surface area (Å²) < 4.78 is 0. The summed E-state index contributed by atoms with van der Waals surface area (Å²) in [6, 6.07) is 0. The fourth-order valence-corrected chi connectivity index (χ4v) is 2.28. The summed E-state index contributed by atoms with van der Waals surface area (Å²) >= 11 is 1.88. The maximum absolute atomic E-state index is 11.1. The lowest BCUT2D eigenvalue weighted by atomic mass is 10.1. The minimum atomic E-state index is 0.243. The van der Waals surface area contributed by atoms with Crippen LogP contribution in [0, 0.1) is 5.92 Å². The molecule has 0 bridgehead atoms. The van der Waals surface area contributed by atoms with E-state index >= 15 is 0 Å². The highest BCUT2D eigenvalue weighted by atomic mass is 32.2. The van der Waals surface area contributed by atoms with Crippen LogP contribution in [0.25, 0.3) is 0 Å². The van der Waals surface area contributed by atoms with Crippen LogP contribution in [0.15, 0.2) is 0 Å². The third kappa shape index (κ3) is 1.90. The van der Waals surface area contributed by atoms with E-state index in [9.17, 15) is 4.79 Å². The Bertz CT molecular complexity index is 121. The molecule has 0 spiro atoms. The predicted octanol–water partition coefficient (Wildman–Crippen LogP) is 0.876. The van der Waals surface area contributed by atoms with Crippen molar-refractivity contribution in [3.05, 3.63) is 0 Å². The van der Waals surface area contributed by atoms with Crippen molar-refractivity contribution >= 4 is 17.7 Å². The number of carbonyl (C=O) groups excluding carboxylic acids is 1. The molecule has 1 atom stereocenters. The second kappa shape index (κ2) is 3.86. The van der Waals surface area contributed by atoms with Gasteiger partial charge in [0.15, 0.2) is 0 Å². The molecule has 1 rings (SSSR count). The number of nitrogens with one attached hydrogen (secondary N) is 1. The number of hydrogen-bond acceptors (Lipinski definition) is 2. The van der Waals surface area contributed by atoms with Gasteiger partial charge < -0.3 is 5.32 Å². The van der Waals surface area contributed by atoms with Gasteiger partial charge in [0, 0.05) is 18.2 Å². The second-order valence-electron chi connectivity index (χ2n) is 2.46. The number of hydrogen-bond donors (Lipinski definition) is 1. The molecule has 0 radical (unpaired) electrons. The van der Waals surface area contributed by atoms with E-state index < -0.39 is 0 Å². The molecule has 1 aliphatic rings. The van der Waals surface area contributed by atoms with Crippen LogP contribution in [0.1, 0.15) is 13.3 Å². The number of carbonyl (C=O) groups is 1. The summed E-state index contributed by atoms with van der Waals surface area (Å²) in [5.74, 6) is 2.71. The molecule has 0 saturated carbocycles. The molecule has 3 heteroatoms. The van der Waals surface area contributed by atoms with E-state index in [2.05, 4.69) is 5.32 Å². The molecule has 1 N–H and O–H groups in total. The first-order valence-electron chi connectivity index (χ1n) is 3.70. The van der Waals surface area contributed by atoms with Gasteiger partial charge in [-0.3, -0.25) is 4.79 Å². The smallest absolute Gasteiger partial charge is 0.223 e. The van der Waals surface area contributed by atoms with Gasteiger partial charge in [0.25, 0.3) is 0 Å². The minimum absolute atomic E-state index is 0.243. The molecule has 58 valence electrons. The highest BCUT2D eigenvalue weighted by molar-refractivity contribution is 7.99. The molecule has 10 heavy (non-hydrogen) atoms. The van der Waals surface area contributed by atoms with Crippen molar-refractivity contribution in [2.75, 3.05) is 18.1 Å². The molecule has 1 fully saturated rings. The summed E-state index contributed by atoms with van der Waals surface area (Å²) in [5, 5.41) is 2.84. The average molecular weight is 159 g/mol. The molecule has 0 aliphatic carbocycles. The first-order valence-corrected chi connectivity index (χ1v) is 4.85. The lowest BCUT2D eigenvalue weighted by Crippen LogP contribution is -2.30. The van der Waals surface area contributed by atoms with Gasteiger partial charge in [-0.05, 0) is 19.1 Å². The minimum Gasteiger partial charge on any atom is -0.356 e. The third-order valence-electron chi connectivity index (χ3n) is 1.65. The summed E-state index contributed by atoms with van der Waals surface area (Å²) in [6.07, 6.45) is 1.07. The highest BCUT2D eigenvalue weighted by Gasteiger charge is 2.21. The molecule has 1 saturated heterocycles. The largest absolute Gasteiger partial charge is 0.356 e. The second-order valence-corrected chi connectivity index (χ2v) is 3.60. The summed E-state index contributed by atoms with van der Waals surface area (Å²) in [6.45, 7) is 2.72. The summed E-state index contributed by atoms with van der Waals surface area (Å²) in [5.41, 5.74) is 0. The topological polar surface area (TPSA) is 29.1 Å². The number of amides is 1. The predicted molar refractivity (Wildman–Crippen MR) is 44.1 cm³/mol. The maximum Gasteiger partial charge on any atom is 0.223 e. The Kier molecular flexibility index (Phi) is 3.06. The van der Waals surface area contributed by atoms with Gasteiger partial charge in [0.2, 0.25) is 5.91 Å². The van der Waals surface area contributed by atoms with Crippen molar-refractivity contribution in [2.24, 2.45) is 5.92 Å². The van der Waals surface area contributed by atoms with E-state index in [0.717, 1.165) is 24.5 Å². The molecule has 1 amide bonds. The van der Waals surface area contributed by atoms with Gasteiger partial charge in [-0.15, -0.1) is 0 Å². The Balaban J connectivity index is 2.25. The summed E-state index contributed by atoms with van der Waals surface area (Å²) in [7, 11) is 0. The zero-order chi connectivity index (χ0) is 7.40. The van der Waals surface area contributed by atoms with Crippen molar-refractivity contribution < 1.29 is 4.79 Å². The zero-order valence-corrected chi connectivity index (χ0v) is 7.04. The van der Waals surface area contributed by atoms with E-state index in [0.29, 0.717) is 5.92 Å². The van der Waals surface area contributed by atoms with E-state index in [1.807, 2.05) is 18.7 Å². The Morgan fingerprint density at radius 1 is 1.80 bits per heavy atom. The van der Waals surface area contributed by atoms with E-state index in [4.69, 9.17) is 0 Å². The zero-order valence-electron chi connectivity index (χ0n) is 6.22. The van der Waals surface area contributed by atoms with Crippen LogP contribution in [0.5, 0.6) is 0 Å². The van der Waals surface area contributed by atoms with Crippen LogP contribution in [-0.2, 0) is 4.79 Å². The Hall–Kier alpha value is -0.180. The van der Waals surface area contributed by atoms with Crippen LogP contribution >= 0.6 is 11.8 Å². The first-order chi connectivity index (χ1) is 4.84. The molecule has 0 aromatic rings. The van der Waals surface area contributed by atoms with Crippen molar-refractivity contribution in [1.82, 2.24) is 5.32 Å². The van der Waals surface area contributed by atoms with Crippen LogP contribution < -0.4 is 5.32 Å². The van der Waals surface area contributed by atoms with E-state index in [1.54, 1.807) is 0 Å². The van der Waals surface area contributed by atoms with Crippen LogP contribution in [0.2, 0.25) is 0 Å². The quantitative estimate of drug-likeness (QED) is 0.648. The van der Waals surface area contributed by atoms with Crippen molar-refractivity contribution in [3.63, 3.8) is 0 Å². The Morgan fingerprint density at radius 3 is 3.10 bits per heavy atom. The molecule has 2 nitrogen and oxygen atoms in total. The maximum atomic E-state index is 11.1. The van der Waals surface area contributed by atoms with Crippen LogP contribution in [0.3, 0.4) is 0 Å². The third-order valence-corrected chi connectivity index (χ3v) is 2.81. The molecular formula is C7H13NOS. The monoisotopic (exact) mass is 159 g/mol. The highest BCUT2D eigenvalue weighted by Crippen LogP contribution is 2.23. The lowest BCUT2D eigenvalue weighted by Gasteiger charge is -2.06. The van der Waals surface area contributed by atoms with Crippen molar-refractivity contribution in [1.29, 1.82) is 0 Å². The van der Waals surface area contributed by atoms with Gasteiger partial charge in [0.05, 0.1) is 0 Å². The number of rotatable bonds is 2. The SMILES string of the molecule is CCNC(=O)C1CCSC1. The van der Waals surface area contributed by atoms with Crippen molar-refractivity contribution in [2.45, 2.75) is 13.3 Å². The average Bonchev–Trinajstić information content (AvgIpc) is 2.38. The fourth-order valence-electron chi connectivity index (χ4n) is 1.06. The molecule has 1 heterocycles. The standard InChI is InChI=1S/C7H13NOS/c1-2-8-7(9)6-3-4-10-5-6/h6H,2-5H2,1H3,(H,8,9). The van der Waals surface area contributed by atoms with Gasteiger partial charge in [-0.25, -0.2) is 0 Å². The van der Waals surface area contributed by atoms with Gasteiger partial charge in [0.1, 0.15) is 0 Å². The van der Waals surface area contributed by atoms with Crippen LogP contribution in [0.4, 0.5) is 0 Å². The lowest BCUT2D eigenvalue weighted by molar-refractivity contribution is -0.124. The van der Waals surface area contributed by atoms with Crippen LogP contribution in [-0.4, -0.2) is 24.0 Å². The molecule has 1 unspecified atom stereocenters. The van der Waals surface area contributed by atoms with Crippen molar-refractivity contribution in [3.8, 4) is 0 Å². The first kappa shape index (κ1) is 7.92. The Labute approximate surface area is 65.8 Å². The summed E-state index contributed by atoms with van der Waals surface area (Å²) in [4.78, 5) is 11.1. The van der Waals surface area contributed by atoms with E-state index in [1.165, 1.54) is 0 Å². The van der Waals surface area contributed by atoms with Gasteiger partial charge in [-0.2, -0.15) is 11.8 Å². The fraction of sp³-hybridized carbons (Fsp3) is 0.857. The van der Waals surface area contributed by atoms with Gasteiger partial charge in [-0.1, -0.05) is 0 Å². The Morgan fingerprint density at radius 2 is 2.60 bits per heavy atom. The number of thioether (sulfide) groups is 1. The normalized spacial score (nSPS) is 24.7. The molecular weight excluding hydrogens is 146 g/mol. The molecule has 0 aromatic carbocycles. The molecule has 0 aromatic heterocycles. The van der Waals surface area contributed by atoms with Gasteiger partial charge >= 0.3 is 0 Å². The molecule has 1 aliphatic heterocycles.